The first kappa shape index (κ1) is 16.9. The zero-order valence-electron chi connectivity index (χ0n) is 10.9. The van der Waals surface area contributed by atoms with Crippen LogP contribution in [0, 0.1) is 21.4 Å². The van der Waals surface area contributed by atoms with Gasteiger partial charge in [0.2, 0.25) is 0 Å². The number of aliphatic carboxylic acids is 1. The number of rotatable bonds is 6. The Labute approximate surface area is 128 Å². The van der Waals surface area contributed by atoms with Crippen molar-refractivity contribution in [1.82, 2.24) is 5.32 Å². The molecular weight excluding hydrogens is 316 g/mol. The van der Waals surface area contributed by atoms with E-state index in [0.717, 1.165) is 18.3 Å². The average molecular weight is 325 g/mol. The lowest BCUT2D eigenvalue weighted by atomic mass is 10.2. The minimum atomic E-state index is -1.17. The number of hydrogen-bond acceptors (Lipinski definition) is 6. The molecule has 1 rings (SSSR count). The maximum atomic E-state index is 11.8. The van der Waals surface area contributed by atoms with Crippen molar-refractivity contribution in [2.75, 3.05) is 11.9 Å². The van der Waals surface area contributed by atoms with Gasteiger partial charge >= 0.3 is 5.97 Å². The second-order valence-corrected chi connectivity index (χ2v) is 4.23. The van der Waals surface area contributed by atoms with Crippen LogP contribution in [0.1, 0.15) is 0 Å². The molecule has 3 N–H and O–H groups in total. The summed E-state index contributed by atoms with van der Waals surface area (Å²) >= 11 is 5.81. The Hall–Kier alpha value is -3.12. The van der Waals surface area contributed by atoms with Gasteiger partial charge in [0.05, 0.1) is 15.6 Å². The minimum Gasteiger partial charge on any atom is -0.480 e. The monoisotopic (exact) mass is 324 g/mol. The van der Waals surface area contributed by atoms with Crippen molar-refractivity contribution in [3.8, 4) is 6.07 Å². The fourth-order valence-corrected chi connectivity index (χ4v) is 1.47. The highest BCUT2D eigenvalue weighted by Crippen LogP contribution is 2.26. The van der Waals surface area contributed by atoms with E-state index in [1.807, 2.05) is 0 Å². The fraction of sp³-hybridized carbons (Fsp3) is 0.0833. The van der Waals surface area contributed by atoms with Crippen LogP contribution in [0.5, 0.6) is 0 Å². The number of nitro benzene ring substituents is 1. The SMILES string of the molecule is N#C/C(=C/NCC(=O)O)C(=O)Nc1cc([N+](=O)[O-])ccc1Cl. The highest BCUT2D eigenvalue weighted by molar-refractivity contribution is 6.34. The van der Waals surface area contributed by atoms with Crippen molar-refractivity contribution < 1.29 is 19.6 Å². The summed E-state index contributed by atoms with van der Waals surface area (Å²) in [7, 11) is 0. The molecule has 0 aliphatic carbocycles. The van der Waals surface area contributed by atoms with Crippen LogP contribution in [-0.2, 0) is 9.59 Å². The lowest BCUT2D eigenvalue weighted by Gasteiger charge is -2.06. The standard InChI is InChI=1S/C12H9ClN4O5/c13-9-2-1-8(17(21)22)3-10(9)16-12(20)7(4-14)5-15-6-11(18)19/h1-3,5,15H,6H2,(H,16,20)(H,18,19)/b7-5-. The third-order valence-electron chi connectivity index (χ3n) is 2.27. The number of carbonyl (C=O) groups is 2. The Morgan fingerprint density at radius 1 is 1.50 bits per heavy atom. The molecule has 0 fully saturated rings. The number of nitrogens with one attached hydrogen (secondary N) is 2. The van der Waals surface area contributed by atoms with Gasteiger partial charge in [-0.2, -0.15) is 5.26 Å². The normalized spacial score (nSPS) is 10.5. The van der Waals surface area contributed by atoms with Crippen molar-refractivity contribution in [2.45, 2.75) is 0 Å². The Morgan fingerprint density at radius 2 is 2.18 bits per heavy atom. The summed E-state index contributed by atoms with van der Waals surface area (Å²) in [6.45, 7) is -0.476. The first-order chi connectivity index (χ1) is 10.3. The van der Waals surface area contributed by atoms with Gasteiger partial charge in [-0.3, -0.25) is 19.7 Å². The number of nitro groups is 1. The largest absolute Gasteiger partial charge is 0.480 e. The first-order valence-electron chi connectivity index (χ1n) is 5.66. The highest BCUT2D eigenvalue weighted by Gasteiger charge is 2.14. The van der Waals surface area contributed by atoms with Gasteiger partial charge in [-0.1, -0.05) is 11.6 Å². The molecule has 0 spiro atoms. The maximum absolute atomic E-state index is 11.8. The first-order valence-corrected chi connectivity index (χ1v) is 6.03. The molecule has 0 atom stereocenters. The van der Waals surface area contributed by atoms with E-state index >= 15 is 0 Å². The Kier molecular flexibility index (Phi) is 5.85. The number of carboxylic acids is 1. The van der Waals surface area contributed by atoms with Crippen LogP contribution in [0.2, 0.25) is 5.02 Å². The Bertz CT molecular complexity index is 695. The molecule has 1 amide bonds. The summed E-state index contributed by atoms with van der Waals surface area (Å²) in [6, 6.07) is 5.00. The second kappa shape index (κ2) is 7.61. The van der Waals surface area contributed by atoms with E-state index in [1.165, 1.54) is 6.07 Å². The summed E-state index contributed by atoms with van der Waals surface area (Å²) < 4.78 is 0. The van der Waals surface area contributed by atoms with Gasteiger partial charge in [-0.05, 0) is 6.07 Å². The average Bonchev–Trinajstić information content (AvgIpc) is 2.45. The highest BCUT2D eigenvalue weighted by atomic mass is 35.5. The molecule has 0 radical (unpaired) electrons. The van der Waals surface area contributed by atoms with E-state index in [4.69, 9.17) is 22.0 Å². The molecule has 114 valence electrons. The predicted octanol–water partition coefficient (Wildman–Crippen LogP) is 1.27. The van der Waals surface area contributed by atoms with Crippen molar-refractivity contribution in [2.24, 2.45) is 0 Å². The van der Waals surface area contributed by atoms with Crippen LogP contribution in [0.4, 0.5) is 11.4 Å². The number of non-ortho nitro benzene ring substituents is 1. The van der Waals surface area contributed by atoms with Crippen LogP contribution in [0.3, 0.4) is 0 Å². The van der Waals surface area contributed by atoms with Gasteiger partial charge in [0.15, 0.2) is 0 Å². The zero-order chi connectivity index (χ0) is 16.7. The van der Waals surface area contributed by atoms with Gasteiger partial charge in [0.1, 0.15) is 18.2 Å². The minimum absolute atomic E-state index is 0.0414. The van der Waals surface area contributed by atoms with Crippen molar-refractivity contribution in [3.05, 3.63) is 45.1 Å². The van der Waals surface area contributed by atoms with Crippen LogP contribution in [0.15, 0.2) is 30.0 Å². The summed E-state index contributed by atoms with van der Waals surface area (Å²) in [4.78, 5) is 32.2. The van der Waals surface area contributed by atoms with E-state index in [-0.39, 0.29) is 16.4 Å². The number of nitrogens with zero attached hydrogens (tertiary/aromatic N) is 2. The van der Waals surface area contributed by atoms with Crippen LogP contribution in [0.25, 0.3) is 0 Å². The zero-order valence-corrected chi connectivity index (χ0v) is 11.6. The number of carboxylic acid groups (broad SMARTS) is 1. The molecule has 0 bridgehead atoms. The number of carbonyl (C=O) groups excluding carboxylic acids is 1. The lowest BCUT2D eigenvalue weighted by molar-refractivity contribution is -0.384. The lowest BCUT2D eigenvalue weighted by Crippen LogP contribution is -2.20. The Morgan fingerprint density at radius 3 is 2.73 bits per heavy atom. The number of hydrogen-bond donors (Lipinski definition) is 3. The smallest absolute Gasteiger partial charge is 0.322 e. The third-order valence-corrected chi connectivity index (χ3v) is 2.60. The number of amides is 1. The van der Waals surface area contributed by atoms with Crippen molar-refractivity contribution in [1.29, 1.82) is 5.26 Å². The van der Waals surface area contributed by atoms with Gasteiger partial charge in [0.25, 0.3) is 11.6 Å². The van der Waals surface area contributed by atoms with Gasteiger partial charge in [0, 0.05) is 18.3 Å². The molecule has 22 heavy (non-hydrogen) atoms. The molecule has 0 saturated carbocycles. The van der Waals surface area contributed by atoms with E-state index in [9.17, 15) is 19.7 Å². The molecule has 0 heterocycles. The summed E-state index contributed by atoms with van der Waals surface area (Å²) in [6.07, 6.45) is 0.925. The third kappa shape index (κ3) is 4.77. The van der Waals surface area contributed by atoms with Crippen LogP contribution in [-0.4, -0.2) is 28.5 Å². The van der Waals surface area contributed by atoms with Gasteiger partial charge in [-0.25, -0.2) is 0 Å². The van der Waals surface area contributed by atoms with Crippen LogP contribution >= 0.6 is 11.6 Å². The number of nitriles is 1. The molecule has 0 aromatic heterocycles. The summed E-state index contributed by atoms with van der Waals surface area (Å²) in [5.41, 5.74) is -0.740. The molecule has 9 nitrogen and oxygen atoms in total. The van der Waals surface area contributed by atoms with Crippen molar-refractivity contribution in [3.63, 3.8) is 0 Å². The summed E-state index contributed by atoms with van der Waals surface area (Å²) in [5, 5.41) is 32.5. The van der Waals surface area contributed by atoms with E-state index < -0.39 is 28.9 Å². The predicted molar refractivity (Wildman–Crippen MR) is 76.1 cm³/mol. The number of benzene rings is 1. The molecule has 0 aliphatic rings. The Balaban J connectivity index is 2.91. The second-order valence-electron chi connectivity index (χ2n) is 3.82. The fourth-order valence-electron chi connectivity index (χ4n) is 1.30. The molecule has 1 aromatic rings. The molecular formula is C12H9ClN4O5. The topological polar surface area (TPSA) is 145 Å². The van der Waals surface area contributed by atoms with Crippen molar-refractivity contribution >= 4 is 34.9 Å². The summed E-state index contributed by atoms with van der Waals surface area (Å²) in [5.74, 6) is -2.06. The van der Waals surface area contributed by atoms with Gasteiger partial charge < -0.3 is 15.7 Å². The maximum Gasteiger partial charge on any atom is 0.322 e. The molecule has 0 saturated heterocycles. The number of anilines is 1. The van der Waals surface area contributed by atoms with Gasteiger partial charge in [-0.15, -0.1) is 0 Å². The molecule has 0 aliphatic heterocycles. The number of halogens is 1. The van der Waals surface area contributed by atoms with E-state index in [1.54, 1.807) is 6.07 Å². The van der Waals surface area contributed by atoms with E-state index in [0.29, 0.717) is 0 Å². The van der Waals surface area contributed by atoms with Crippen LogP contribution < -0.4 is 10.6 Å². The molecule has 10 heteroatoms. The molecule has 1 aromatic carbocycles. The molecule has 0 unspecified atom stereocenters. The van der Waals surface area contributed by atoms with E-state index in [2.05, 4.69) is 10.6 Å². The quantitative estimate of drug-likeness (QED) is 0.309.